The van der Waals surface area contributed by atoms with Gasteiger partial charge in [0, 0.05) is 16.8 Å². The molecule has 0 saturated carbocycles. The summed E-state index contributed by atoms with van der Waals surface area (Å²) in [6, 6.07) is 0. The Hall–Kier alpha value is -0.450. The van der Waals surface area contributed by atoms with Crippen LogP contribution in [0.25, 0.3) is 0 Å². The predicted octanol–water partition coefficient (Wildman–Crippen LogP) is 2.06. The molecule has 1 fully saturated rings. The van der Waals surface area contributed by atoms with E-state index in [9.17, 15) is 0 Å². The van der Waals surface area contributed by atoms with Crippen LogP contribution in [0.3, 0.4) is 0 Å². The number of hydrogen-bond acceptors (Lipinski definition) is 4. The van der Waals surface area contributed by atoms with Gasteiger partial charge in [0.25, 0.3) is 0 Å². The lowest BCUT2D eigenvalue weighted by Gasteiger charge is -2.40. The van der Waals surface area contributed by atoms with Crippen LogP contribution >= 0.6 is 11.3 Å². The minimum Gasteiger partial charge on any atom is -0.316 e. The summed E-state index contributed by atoms with van der Waals surface area (Å²) in [6.45, 7) is 10.00. The van der Waals surface area contributed by atoms with Crippen molar-refractivity contribution in [2.75, 3.05) is 20.1 Å². The third-order valence-electron chi connectivity index (χ3n) is 4.03. The van der Waals surface area contributed by atoms with Gasteiger partial charge >= 0.3 is 0 Å². The largest absolute Gasteiger partial charge is 0.316 e. The zero-order valence-corrected chi connectivity index (χ0v) is 12.1. The van der Waals surface area contributed by atoms with Crippen LogP contribution in [0.15, 0.2) is 0 Å². The van der Waals surface area contributed by atoms with Crippen molar-refractivity contribution in [3.8, 4) is 0 Å². The standard InChI is InChI=1S/C13H23N3S/c1-9-7-15-6-5-13(9,3)12-11(8-14-4)16-10(2)17-12/h9,14-15H,5-8H2,1-4H3. The molecule has 2 unspecified atom stereocenters. The van der Waals surface area contributed by atoms with Crippen molar-refractivity contribution in [3.05, 3.63) is 15.6 Å². The normalized spacial score (nSPS) is 29.5. The molecule has 2 atom stereocenters. The van der Waals surface area contributed by atoms with Gasteiger partial charge in [-0.2, -0.15) is 0 Å². The summed E-state index contributed by atoms with van der Waals surface area (Å²) in [7, 11) is 1.99. The van der Waals surface area contributed by atoms with E-state index in [4.69, 9.17) is 4.98 Å². The van der Waals surface area contributed by atoms with Gasteiger partial charge in [0.1, 0.15) is 0 Å². The fourth-order valence-electron chi connectivity index (χ4n) is 2.68. The highest BCUT2D eigenvalue weighted by atomic mass is 32.1. The Balaban J connectivity index is 2.36. The fraction of sp³-hybridized carbons (Fsp3) is 0.769. The average Bonchev–Trinajstić information content (AvgIpc) is 2.65. The molecule has 2 rings (SSSR count). The van der Waals surface area contributed by atoms with Crippen molar-refractivity contribution in [2.24, 2.45) is 5.92 Å². The van der Waals surface area contributed by atoms with Crippen molar-refractivity contribution in [1.29, 1.82) is 0 Å². The maximum absolute atomic E-state index is 4.69. The van der Waals surface area contributed by atoms with Crippen molar-refractivity contribution in [2.45, 2.75) is 39.2 Å². The van der Waals surface area contributed by atoms with Gasteiger partial charge in [-0.25, -0.2) is 4.98 Å². The Morgan fingerprint density at radius 1 is 1.59 bits per heavy atom. The van der Waals surface area contributed by atoms with E-state index in [1.165, 1.54) is 22.0 Å². The Bertz CT molecular complexity index is 388. The fourth-order valence-corrected chi connectivity index (χ4v) is 3.90. The lowest BCUT2D eigenvalue weighted by molar-refractivity contribution is 0.240. The summed E-state index contributed by atoms with van der Waals surface area (Å²) in [4.78, 5) is 6.19. The molecule has 17 heavy (non-hydrogen) atoms. The Morgan fingerprint density at radius 3 is 3.00 bits per heavy atom. The van der Waals surface area contributed by atoms with Crippen molar-refractivity contribution in [1.82, 2.24) is 15.6 Å². The molecule has 3 nitrogen and oxygen atoms in total. The molecular formula is C13H23N3S. The van der Waals surface area contributed by atoms with Crippen LogP contribution in [0.4, 0.5) is 0 Å². The number of thiazole rings is 1. The maximum atomic E-state index is 4.69. The van der Waals surface area contributed by atoms with Gasteiger partial charge in [-0.3, -0.25) is 0 Å². The number of aryl methyl sites for hydroxylation is 1. The van der Waals surface area contributed by atoms with E-state index < -0.39 is 0 Å². The molecular weight excluding hydrogens is 230 g/mol. The first kappa shape index (κ1) is 13.0. The Morgan fingerprint density at radius 2 is 2.35 bits per heavy atom. The molecule has 0 spiro atoms. The van der Waals surface area contributed by atoms with E-state index in [1.807, 2.05) is 18.4 Å². The summed E-state index contributed by atoms with van der Waals surface area (Å²) in [6.07, 6.45) is 1.21. The van der Waals surface area contributed by atoms with Gasteiger partial charge in [0.05, 0.1) is 10.7 Å². The summed E-state index contributed by atoms with van der Waals surface area (Å²) < 4.78 is 0. The highest BCUT2D eigenvalue weighted by molar-refractivity contribution is 7.11. The highest BCUT2D eigenvalue weighted by Gasteiger charge is 2.38. The Labute approximate surface area is 108 Å². The van der Waals surface area contributed by atoms with Gasteiger partial charge in [-0.15, -0.1) is 11.3 Å². The van der Waals surface area contributed by atoms with E-state index in [-0.39, 0.29) is 0 Å². The molecule has 1 saturated heterocycles. The summed E-state index contributed by atoms with van der Waals surface area (Å²) in [5.41, 5.74) is 1.55. The predicted molar refractivity (Wildman–Crippen MR) is 73.6 cm³/mol. The number of piperidine rings is 1. The first-order valence-corrected chi connectivity index (χ1v) is 7.21. The first-order valence-electron chi connectivity index (χ1n) is 6.40. The van der Waals surface area contributed by atoms with Crippen LogP contribution in [-0.4, -0.2) is 25.1 Å². The summed E-state index contributed by atoms with van der Waals surface area (Å²) >= 11 is 1.88. The average molecular weight is 253 g/mol. The summed E-state index contributed by atoms with van der Waals surface area (Å²) in [5, 5.41) is 7.92. The van der Waals surface area contributed by atoms with E-state index in [0.717, 1.165) is 19.6 Å². The molecule has 1 aliphatic heterocycles. The highest BCUT2D eigenvalue weighted by Crippen LogP contribution is 2.41. The molecule has 0 aromatic carbocycles. The van der Waals surface area contributed by atoms with Gasteiger partial charge in [-0.05, 0) is 39.4 Å². The maximum Gasteiger partial charge on any atom is 0.0900 e. The molecule has 2 heterocycles. The molecule has 96 valence electrons. The second kappa shape index (κ2) is 5.04. The van der Waals surface area contributed by atoms with E-state index in [0.29, 0.717) is 11.3 Å². The lowest BCUT2D eigenvalue weighted by Crippen LogP contribution is -2.45. The SMILES string of the molecule is CNCc1nc(C)sc1C1(C)CCNCC1C. The zero-order valence-electron chi connectivity index (χ0n) is 11.3. The topological polar surface area (TPSA) is 37.0 Å². The molecule has 1 aliphatic rings. The van der Waals surface area contributed by atoms with Crippen molar-refractivity contribution < 1.29 is 0 Å². The Kier molecular flexibility index (Phi) is 3.85. The van der Waals surface area contributed by atoms with Crippen LogP contribution in [0, 0.1) is 12.8 Å². The van der Waals surface area contributed by atoms with Gasteiger partial charge in [-0.1, -0.05) is 13.8 Å². The zero-order chi connectivity index (χ0) is 12.5. The number of nitrogens with zero attached hydrogens (tertiary/aromatic N) is 1. The number of hydrogen-bond donors (Lipinski definition) is 2. The van der Waals surface area contributed by atoms with Gasteiger partial charge in [0.15, 0.2) is 0 Å². The molecule has 0 amide bonds. The number of rotatable bonds is 3. The molecule has 1 aromatic heterocycles. The third-order valence-corrected chi connectivity index (χ3v) is 5.32. The molecule has 1 aromatic rings. The van der Waals surface area contributed by atoms with Gasteiger partial charge in [0.2, 0.25) is 0 Å². The number of aromatic nitrogens is 1. The van der Waals surface area contributed by atoms with E-state index >= 15 is 0 Å². The van der Waals surface area contributed by atoms with Gasteiger partial charge < -0.3 is 10.6 Å². The minimum absolute atomic E-state index is 0.295. The van der Waals surface area contributed by atoms with E-state index in [2.05, 4.69) is 31.4 Å². The van der Waals surface area contributed by atoms with Crippen LogP contribution in [0.2, 0.25) is 0 Å². The van der Waals surface area contributed by atoms with Crippen LogP contribution in [0.1, 0.15) is 35.8 Å². The quantitative estimate of drug-likeness (QED) is 0.866. The lowest BCUT2D eigenvalue weighted by atomic mass is 9.71. The van der Waals surface area contributed by atoms with Crippen molar-refractivity contribution >= 4 is 11.3 Å². The van der Waals surface area contributed by atoms with Crippen LogP contribution < -0.4 is 10.6 Å². The smallest absolute Gasteiger partial charge is 0.0900 e. The molecule has 0 aliphatic carbocycles. The molecule has 0 radical (unpaired) electrons. The molecule has 0 bridgehead atoms. The van der Waals surface area contributed by atoms with Crippen LogP contribution in [0.5, 0.6) is 0 Å². The first-order chi connectivity index (χ1) is 8.08. The molecule has 2 N–H and O–H groups in total. The monoisotopic (exact) mass is 253 g/mol. The minimum atomic E-state index is 0.295. The second-order valence-corrected chi connectivity index (χ2v) is 6.51. The third kappa shape index (κ3) is 2.39. The van der Waals surface area contributed by atoms with Crippen LogP contribution in [-0.2, 0) is 12.0 Å². The summed E-state index contributed by atoms with van der Waals surface area (Å²) in [5.74, 6) is 0.673. The second-order valence-electron chi connectivity index (χ2n) is 5.31. The molecule has 4 heteroatoms. The number of nitrogens with one attached hydrogen (secondary N) is 2. The van der Waals surface area contributed by atoms with Crippen molar-refractivity contribution in [3.63, 3.8) is 0 Å². The van der Waals surface area contributed by atoms with E-state index in [1.54, 1.807) is 0 Å².